The molecule has 2 unspecified atom stereocenters. The minimum Gasteiger partial charge on any atom is -0.382 e. The maximum absolute atomic E-state index is 5.30. The van der Waals surface area contributed by atoms with E-state index in [1.807, 2.05) is 7.05 Å². The molecule has 1 N–H and O–H groups in total. The summed E-state index contributed by atoms with van der Waals surface area (Å²) in [6, 6.07) is 9.39. The molecule has 1 aromatic rings. The van der Waals surface area contributed by atoms with E-state index in [2.05, 4.69) is 50.4 Å². The monoisotopic (exact) mass is 249 g/mol. The van der Waals surface area contributed by atoms with Gasteiger partial charge in [0.2, 0.25) is 0 Å². The normalized spacial score (nSPS) is 14.8. The molecule has 1 rings (SSSR count). The van der Waals surface area contributed by atoms with Crippen LogP contribution in [0.25, 0.3) is 0 Å². The van der Waals surface area contributed by atoms with Gasteiger partial charge in [-0.1, -0.05) is 38.1 Å². The maximum Gasteiger partial charge on any atom is 0.0543 e. The number of nitrogens with one attached hydrogen (secondary N) is 1. The van der Waals surface area contributed by atoms with E-state index in [1.54, 1.807) is 7.11 Å². The summed E-state index contributed by atoms with van der Waals surface area (Å²) in [5, 5.41) is 3.39. The van der Waals surface area contributed by atoms with Crippen LogP contribution in [0.3, 0.4) is 0 Å². The molecule has 2 heteroatoms. The van der Waals surface area contributed by atoms with Crippen LogP contribution >= 0.6 is 0 Å². The van der Waals surface area contributed by atoms with Gasteiger partial charge in [-0.15, -0.1) is 0 Å². The van der Waals surface area contributed by atoms with Gasteiger partial charge < -0.3 is 10.1 Å². The van der Waals surface area contributed by atoms with E-state index in [9.17, 15) is 0 Å². The lowest BCUT2D eigenvalue weighted by atomic mass is 9.96. The molecule has 0 saturated carbocycles. The van der Waals surface area contributed by atoms with Gasteiger partial charge in [0.05, 0.1) is 6.10 Å². The minimum atomic E-state index is 0.329. The summed E-state index contributed by atoms with van der Waals surface area (Å²) in [4.78, 5) is 0. The summed E-state index contributed by atoms with van der Waals surface area (Å²) in [5.41, 5.74) is 2.77. The standard InChI is InChI=1S/C16H27NO/c1-12(2)14-7-9-15(10-8-14)16(17-4)11-6-13(3)18-5/h7-10,12-13,16-17H,6,11H2,1-5H3. The second-order valence-electron chi connectivity index (χ2n) is 5.29. The van der Waals surface area contributed by atoms with Gasteiger partial charge in [0.25, 0.3) is 0 Å². The maximum atomic E-state index is 5.30. The molecule has 2 atom stereocenters. The second-order valence-corrected chi connectivity index (χ2v) is 5.29. The molecule has 0 aliphatic carbocycles. The van der Waals surface area contributed by atoms with Crippen LogP contribution in [0, 0.1) is 0 Å². The first-order chi connectivity index (χ1) is 8.58. The lowest BCUT2D eigenvalue weighted by Crippen LogP contribution is -2.18. The van der Waals surface area contributed by atoms with E-state index in [-0.39, 0.29) is 0 Å². The first-order valence-corrected chi connectivity index (χ1v) is 6.88. The van der Waals surface area contributed by atoms with E-state index in [0.717, 1.165) is 12.8 Å². The molecule has 0 fully saturated rings. The van der Waals surface area contributed by atoms with Crippen molar-refractivity contribution in [3.8, 4) is 0 Å². The van der Waals surface area contributed by atoms with Gasteiger partial charge in [0.15, 0.2) is 0 Å². The second kappa shape index (κ2) is 7.55. The van der Waals surface area contributed by atoms with E-state index >= 15 is 0 Å². The van der Waals surface area contributed by atoms with Gasteiger partial charge in [-0.25, -0.2) is 0 Å². The molecule has 0 amide bonds. The minimum absolute atomic E-state index is 0.329. The lowest BCUT2D eigenvalue weighted by molar-refractivity contribution is 0.106. The number of hydrogen-bond acceptors (Lipinski definition) is 2. The topological polar surface area (TPSA) is 21.3 Å². The molecular formula is C16H27NO. The van der Waals surface area contributed by atoms with Crippen LogP contribution in [0.2, 0.25) is 0 Å². The Morgan fingerprint density at radius 1 is 1.00 bits per heavy atom. The van der Waals surface area contributed by atoms with Crippen LogP contribution in [-0.4, -0.2) is 20.3 Å². The Hall–Kier alpha value is -0.860. The molecule has 0 aromatic heterocycles. The fourth-order valence-corrected chi connectivity index (χ4v) is 2.11. The summed E-state index contributed by atoms with van der Waals surface area (Å²) in [7, 11) is 3.80. The quantitative estimate of drug-likeness (QED) is 0.791. The van der Waals surface area contributed by atoms with Gasteiger partial charge in [0, 0.05) is 13.2 Å². The Morgan fingerprint density at radius 3 is 2.00 bits per heavy atom. The molecule has 2 nitrogen and oxygen atoms in total. The van der Waals surface area contributed by atoms with Crippen LogP contribution in [-0.2, 0) is 4.74 Å². The number of methoxy groups -OCH3 is 1. The zero-order valence-electron chi connectivity index (χ0n) is 12.4. The molecule has 102 valence electrons. The highest BCUT2D eigenvalue weighted by Gasteiger charge is 2.11. The number of benzene rings is 1. The van der Waals surface area contributed by atoms with Crippen LogP contribution in [0.5, 0.6) is 0 Å². The highest BCUT2D eigenvalue weighted by molar-refractivity contribution is 5.26. The average molecular weight is 249 g/mol. The fraction of sp³-hybridized carbons (Fsp3) is 0.625. The summed E-state index contributed by atoms with van der Waals surface area (Å²) in [6.07, 6.45) is 2.51. The van der Waals surface area contributed by atoms with Crippen molar-refractivity contribution in [2.45, 2.75) is 51.7 Å². The molecule has 1 aromatic carbocycles. The van der Waals surface area contributed by atoms with Crippen LogP contribution < -0.4 is 5.32 Å². The Balaban J connectivity index is 2.64. The number of rotatable bonds is 7. The highest BCUT2D eigenvalue weighted by atomic mass is 16.5. The fourth-order valence-electron chi connectivity index (χ4n) is 2.11. The van der Waals surface area contributed by atoms with Crippen molar-refractivity contribution in [2.24, 2.45) is 0 Å². The van der Waals surface area contributed by atoms with E-state index < -0.39 is 0 Å². The van der Waals surface area contributed by atoms with E-state index in [4.69, 9.17) is 4.74 Å². The summed E-state index contributed by atoms with van der Waals surface area (Å²) in [5.74, 6) is 0.598. The predicted molar refractivity (Wildman–Crippen MR) is 78.0 cm³/mol. The average Bonchev–Trinajstić information content (AvgIpc) is 2.39. The summed E-state index contributed by atoms with van der Waals surface area (Å²) < 4.78 is 5.30. The molecule has 0 aliphatic heterocycles. The van der Waals surface area contributed by atoms with Crippen LogP contribution in [0.15, 0.2) is 24.3 Å². The van der Waals surface area contributed by atoms with Crippen LogP contribution in [0.4, 0.5) is 0 Å². The molecule has 0 bridgehead atoms. The summed E-state index contributed by atoms with van der Waals surface area (Å²) >= 11 is 0. The molecule has 0 heterocycles. The lowest BCUT2D eigenvalue weighted by Gasteiger charge is -2.19. The molecule has 0 saturated heterocycles. The summed E-state index contributed by atoms with van der Waals surface area (Å²) in [6.45, 7) is 6.57. The third-order valence-corrected chi connectivity index (χ3v) is 3.62. The van der Waals surface area contributed by atoms with E-state index in [0.29, 0.717) is 18.1 Å². The molecular weight excluding hydrogens is 222 g/mol. The Bertz CT molecular complexity index is 331. The molecule has 0 spiro atoms. The third kappa shape index (κ3) is 4.43. The van der Waals surface area contributed by atoms with E-state index in [1.165, 1.54) is 11.1 Å². The smallest absolute Gasteiger partial charge is 0.0543 e. The molecule has 0 aliphatic rings. The first kappa shape index (κ1) is 15.2. The number of ether oxygens (including phenoxy) is 1. The van der Waals surface area contributed by atoms with Gasteiger partial charge in [0.1, 0.15) is 0 Å². The van der Waals surface area contributed by atoms with Crippen molar-refractivity contribution in [2.75, 3.05) is 14.2 Å². The van der Waals surface area contributed by atoms with Crippen molar-refractivity contribution in [3.63, 3.8) is 0 Å². The zero-order valence-corrected chi connectivity index (χ0v) is 12.4. The van der Waals surface area contributed by atoms with Crippen molar-refractivity contribution >= 4 is 0 Å². The van der Waals surface area contributed by atoms with Gasteiger partial charge in [-0.05, 0) is 43.9 Å². The predicted octanol–water partition coefficient (Wildman–Crippen LogP) is 3.89. The SMILES string of the molecule is CNC(CCC(C)OC)c1ccc(C(C)C)cc1. The van der Waals surface area contributed by atoms with Gasteiger partial charge >= 0.3 is 0 Å². The number of hydrogen-bond donors (Lipinski definition) is 1. The Labute approximate surface area is 112 Å². The molecule has 18 heavy (non-hydrogen) atoms. The van der Waals surface area contributed by atoms with Gasteiger partial charge in [-0.2, -0.15) is 0 Å². The van der Waals surface area contributed by atoms with Crippen LogP contribution in [0.1, 0.15) is 56.7 Å². The van der Waals surface area contributed by atoms with Gasteiger partial charge in [-0.3, -0.25) is 0 Å². The Morgan fingerprint density at radius 2 is 1.56 bits per heavy atom. The van der Waals surface area contributed by atoms with Crippen molar-refractivity contribution in [1.29, 1.82) is 0 Å². The Kier molecular flexibility index (Phi) is 6.37. The largest absolute Gasteiger partial charge is 0.382 e. The van der Waals surface area contributed by atoms with Crippen molar-refractivity contribution in [3.05, 3.63) is 35.4 Å². The van der Waals surface area contributed by atoms with Crippen molar-refractivity contribution < 1.29 is 4.74 Å². The van der Waals surface area contributed by atoms with Crippen molar-refractivity contribution in [1.82, 2.24) is 5.32 Å². The first-order valence-electron chi connectivity index (χ1n) is 6.88. The zero-order chi connectivity index (χ0) is 13.5. The third-order valence-electron chi connectivity index (χ3n) is 3.62. The molecule has 0 radical (unpaired) electrons. The highest BCUT2D eigenvalue weighted by Crippen LogP contribution is 2.22.